The number of anilines is 3. The van der Waals surface area contributed by atoms with Crippen molar-refractivity contribution in [3.05, 3.63) is 34.9 Å². The summed E-state index contributed by atoms with van der Waals surface area (Å²) < 4.78 is 44.4. The van der Waals surface area contributed by atoms with Gasteiger partial charge in [0, 0.05) is 37.9 Å². The summed E-state index contributed by atoms with van der Waals surface area (Å²) in [6.07, 6.45) is 2.37. The lowest BCUT2D eigenvalue weighted by Crippen LogP contribution is -2.42. The molecule has 0 bridgehead atoms. The van der Waals surface area contributed by atoms with Crippen LogP contribution in [-0.2, 0) is 14.8 Å². The van der Waals surface area contributed by atoms with Crippen molar-refractivity contribution in [1.82, 2.24) is 24.2 Å². The molecule has 0 atom stereocenters. The largest absolute Gasteiger partial charge is 0.378 e. The van der Waals surface area contributed by atoms with Gasteiger partial charge in [0.1, 0.15) is 5.82 Å². The first-order valence-electron chi connectivity index (χ1n) is 10.8. The molecule has 11 nitrogen and oxygen atoms in total. The summed E-state index contributed by atoms with van der Waals surface area (Å²) >= 11 is 6.06. The van der Waals surface area contributed by atoms with Gasteiger partial charge in [-0.3, -0.25) is 4.79 Å². The van der Waals surface area contributed by atoms with E-state index in [9.17, 15) is 17.6 Å². The Kier molecular flexibility index (Phi) is 7.45. The summed E-state index contributed by atoms with van der Waals surface area (Å²) in [5, 5.41) is 6.04. The highest BCUT2D eigenvalue weighted by molar-refractivity contribution is 7.88. The smallest absolute Gasteiger partial charge is 0.257 e. The quantitative estimate of drug-likeness (QED) is 0.592. The summed E-state index contributed by atoms with van der Waals surface area (Å²) in [7, 11) is -3.22. The number of amides is 1. The van der Waals surface area contributed by atoms with E-state index >= 15 is 0 Å². The van der Waals surface area contributed by atoms with Gasteiger partial charge in [-0.05, 0) is 42.6 Å². The molecule has 4 rings (SSSR count). The Bertz CT molecular complexity index is 1160. The molecule has 2 N–H and O–H groups in total. The second kappa shape index (κ2) is 10.3. The molecular formula is C20H25ClFN7O4S. The van der Waals surface area contributed by atoms with Gasteiger partial charge in [-0.15, -0.1) is 0 Å². The molecule has 0 spiro atoms. The van der Waals surface area contributed by atoms with Gasteiger partial charge in [0.15, 0.2) is 0 Å². The van der Waals surface area contributed by atoms with Crippen molar-refractivity contribution in [1.29, 1.82) is 0 Å². The summed E-state index contributed by atoms with van der Waals surface area (Å²) in [6.45, 7) is 2.43. The van der Waals surface area contributed by atoms with Crippen molar-refractivity contribution < 1.29 is 22.3 Å². The van der Waals surface area contributed by atoms with Crippen LogP contribution in [0.25, 0.3) is 0 Å². The maximum atomic E-state index is 14.4. The van der Waals surface area contributed by atoms with Crippen molar-refractivity contribution in [2.75, 3.05) is 56.3 Å². The minimum absolute atomic E-state index is 0.0344. The number of morpholine rings is 1. The lowest BCUT2D eigenvalue weighted by atomic mass is 10.1. The Morgan fingerprint density at radius 1 is 1.12 bits per heavy atom. The molecule has 2 aliphatic rings. The summed E-state index contributed by atoms with van der Waals surface area (Å²) in [5.41, 5.74) is 0.343. The normalized spacial score (nSPS) is 18.0. The van der Waals surface area contributed by atoms with Crippen LogP contribution >= 0.6 is 11.6 Å². The van der Waals surface area contributed by atoms with Crippen molar-refractivity contribution in [3.8, 4) is 0 Å². The zero-order valence-corrected chi connectivity index (χ0v) is 20.1. The molecule has 0 saturated carbocycles. The van der Waals surface area contributed by atoms with Crippen LogP contribution in [0.4, 0.5) is 22.0 Å². The van der Waals surface area contributed by atoms with Gasteiger partial charge in [-0.25, -0.2) is 17.1 Å². The average molecular weight is 514 g/mol. The topological polar surface area (TPSA) is 130 Å². The third-order valence-electron chi connectivity index (χ3n) is 5.62. The van der Waals surface area contributed by atoms with Crippen LogP contribution in [0, 0.1) is 5.82 Å². The van der Waals surface area contributed by atoms with E-state index in [1.54, 1.807) is 4.90 Å². The number of rotatable bonds is 6. The maximum absolute atomic E-state index is 14.4. The van der Waals surface area contributed by atoms with Gasteiger partial charge in [0.05, 0.1) is 25.0 Å². The van der Waals surface area contributed by atoms with E-state index < -0.39 is 21.7 Å². The number of benzene rings is 1. The van der Waals surface area contributed by atoms with Crippen LogP contribution in [0.2, 0.25) is 5.28 Å². The van der Waals surface area contributed by atoms with Crippen molar-refractivity contribution in [3.63, 3.8) is 0 Å². The highest BCUT2D eigenvalue weighted by atomic mass is 35.5. The molecule has 2 aromatic rings. The molecule has 34 heavy (non-hydrogen) atoms. The fourth-order valence-corrected chi connectivity index (χ4v) is 4.85. The van der Waals surface area contributed by atoms with Gasteiger partial charge >= 0.3 is 0 Å². The van der Waals surface area contributed by atoms with E-state index in [0.29, 0.717) is 57.9 Å². The van der Waals surface area contributed by atoms with Crippen LogP contribution in [-0.4, -0.2) is 90.2 Å². The number of piperidine rings is 1. The number of nitrogens with one attached hydrogen (secondary N) is 2. The van der Waals surface area contributed by atoms with Crippen LogP contribution in [0.1, 0.15) is 23.2 Å². The minimum Gasteiger partial charge on any atom is -0.378 e. The van der Waals surface area contributed by atoms with Gasteiger partial charge in [0.2, 0.25) is 27.2 Å². The third kappa shape index (κ3) is 6.09. The predicted octanol–water partition coefficient (Wildman–Crippen LogP) is 1.72. The standard InChI is InChI=1S/C20H25ClFN7O4S/c1-34(31,32)29-6-4-13(5-7-29)23-19-25-18(21)26-20(27-19)24-14-2-3-16(22)15(12-14)17(30)28-8-10-33-11-9-28/h2-3,12-13H,4-11H2,1H3,(H2,23,24,25,26,27). The van der Waals surface area contributed by atoms with Crippen LogP contribution in [0.15, 0.2) is 18.2 Å². The second-order valence-corrected chi connectivity index (χ2v) is 10.4. The van der Waals surface area contributed by atoms with E-state index in [1.807, 2.05) is 0 Å². The number of hydrogen-bond donors (Lipinski definition) is 2. The van der Waals surface area contributed by atoms with Gasteiger partial charge in [-0.2, -0.15) is 15.0 Å². The number of halogens is 2. The van der Waals surface area contributed by atoms with Crippen molar-refractivity contribution >= 4 is 45.1 Å². The Labute approximate surface area is 201 Å². The third-order valence-corrected chi connectivity index (χ3v) is 7.09. The molecule has 184 valence electrons. The number of carbonyl (C=O) groups is 1. The molecule has 3 heterocycles. The number of sulfonamides is 1. The van der Waals surface area contributed by atoms with Gasteiger partial charge < -0.3 is 20.3 Å². The molecule has 2 aliphatic heterocycles. The van der Waals surface area contributed by atoms with Crippen LogP contribution in [0.5, 0.6) is 0 Å². The first kappa shape index (κ1) is 24.5. The summed E-state index contributed by atoms with van der Waals surface area (Å²) in [5.74, 6) is -0.695. The molecular weight excluding hydrogens is 489 g/mol. The Morgan fingerprint density at radius 3 is 2.47 bits per heavy atom. The molecule has 0 radical (unpaired) electrons. The fraction of sp³-hybridized carbons (Fsp3) is 0.500. The number of ether oxygens (including phenoxy) is 1. The molecule has 2 fully saturated rings. The van der Waals surface area contributed by atoms with E-state index in [1.165, 1.54) is 28.8 Å². The number of aromatic nitrogens is 3. The van der Waals surface area contributed by atoms with E-state index in [-0.39, 0.29) is 28.8 Å². The molecule has 0 aliphatic carbocycles. The fourth-order valence-electron chi connectivity index (χ4n) is 3.82. The highest BCUT2D eigenvalue weighted by Gasteiger charge is 2.26. The summed E-state index contributed by atoms with van der Waals surface area (Å²) in [4.78, 5) is 26.7. The Morgan fingerprint density at radius 2 is 1.79 bits per heavy atom. The lowest BCUT2D eigenvalue weighted by molar-refractivity contribution is 0.0300. The monoisotopic (exact) mass is 513 g/mol. The zero-order chi connectivity index (χ0) is 24.3. The maximum Gasteiger partial charge on any atom is 0.257 e. The molecule has 2 saturated heterocycles. The SMILES string of the molecule is CS(=O)(=O)N1CCC(Nc2nc(Cl)nc(Nc3ccc(F)c(C(=O)N4CCOCC4)c3)n2)CC1. The van der Waals surface area contributed by atoms with E-state index in [2.05, 4.69) is 25.6 Å². The first-order chi connectivity index (χ1) is 16.2. The van der Waals surface area contributed by atoms with Gasteiger partial charge in [0.25, 0.3) is 5.91 Å². The van der Waals surface area contributed by atoms with Crippen LogP contribution < -0.4 is 10.6 Å². The molecule has 1 aromatic carbocycles. The number of hydrogen-bond acceptors (Lipinski definition) is 9. The predicted molar refractivity (Wildman–Crippen MR) is 124 cm³/mol. The van der Waals surface area contributed by atoms with Crippen molar-refractivity contribution in [2.45, 2.75) is 18.9 Å². The van der Waals surface area contributed by atoms with E-state index in [4.69, 9.17) is 16.3 Å². The Balaban J connectivity index is 1.45. The summed E-state index contributed by atoms with van der Waals surface area (Å²) in [6, 6.07) is 4.04. The molecule has 0 unspecified atom stereocenters. The average Bonchev–Trinajstić information content (AvgIpc) is 2.80. The molecule has 1 aromatic heterocycles. The minimum atomic E-state index is -3.22. The molecule has 1 amide bonds. The first-order valence-corrected chi connectivity index (χ1v) is 13.0. The van der Waals surface area contributed by atoms with Crippen LogP contribution in [0.3, 0.4) is 0 Å². The number of carbonyl (C=O) groups excluding carboxylic acids is 1. The second-order valence-electron chi connectivity index (χ2n) is 8.06. The lowest BCUT2D eigenvalue weighted by Gasteiger charge is -2.30. The Hall–Kier alpha value is -2.61. The van der Waals surface area contributed by atoms with Gasteiger partial charge in [-0.1, -0.05) is 0 Å². The molecule has 14 heteroatoms. The zero-order valence-electron chi connectivity index (χ0n) is 18.5. The van der Waals surface area contributed by atoms with E-state index in [0.717, 1.165) is 0 Å². The number of nitrogens with zero attached hydrogens (tertiary/aromatic N) is 5. The van der Waals surface area contributed by atoms with Crippen molar-refractivity contribution in [2.24, 2.45) is 0 Å². The highest BCUT2D eigenvalue weighted by Crippen LogP contribution is 2.22.